The molecular weight excluding hydrogens is 239 g/mol. The molecule has 5 heteroatoms. The Hall–Kier alpha value is -1.78. The van der Waals surface area contributed by atoms with Crippen LogP contribution in [0.15, 0.2) is 6.07 Å². The van der Waals surface area contributed by atoms with E-state index in [2.05, 4.69) is 0 Å². The Kier molecular flexibility index (Phi) is 2.92. The molecule has 0 heterocycles. The third-order valence-electron chi connectivity index (χ3n) is 3.80. The number of phenols is 1. The minimum absolute atomic E-state index is 0.240. The van der Waals surface area contributed by atoms with E-state index in [-0.39, 0.29) is 11.5 Å². The highest BCUT2D eigenvalue weighted by Gasteiger charge is 2.47. The molecule has 1 aromatic carbocycles. The molecule has 4 nitrogen and oxygen atoms in total. The van der Waals surface area contributed by atoms with Crippen LogP contribution >= 0.6 is 0 Å². The first-order valence-corrected chi connectivity index (χ1v) is 5.74. The molecular formula is C13H15FO4. The number of hydrogen-bond acceptors (Lipinski definition) is 3. The van der Waals surface area contributed by atoms with E-state index in [1.807, 2.05) is 0 Å². The minimum Gasteiger partial charge on any atom is -0.504 e. The minimum atomic E-state index is -1.06. The average molecular weight is 254 g/mol. The first kappa shape index (κ1) is 12.7. The van der Waals surface area contributed by atoms with Crippen LogP contribution in [0.1, 0.15) is 30.4 Å². The van der Waals surface area contributed by atoms with Gasteiger partial charge in [0.05, 0.1) is 12.5 Å². The quantitative estimate of drug-likeness (QED) is 0.868. The van der Waals surface area contributed by atoms with Crippen LogP contribution in [0.3, 0.4) is 0 Å². The van der Waals surface area contributed by atoms with Crippen molar-refractivity contribution in [1.82, 2.24) is 0 Å². The third-order valence-corrected chi connectivity index (χ3v) is 3.80. The summed E-state index contributed by atoms with van der Waals surface area (Å²) >= 11 is 0. The number of aromatic hydroxyl groups is 1. The van der Waals surface area contributed by atoms with Crippen molar-refractivity contribution >= 4 is 5.97 Å². The number of ether oxygens (including phenoxy) is 1. The number of carboxylic acid groups (broad SMARTS) is 1. The number of benzene rings is 1. The van der Waals surface area contributed by atoms with Crippen molar-refractivity contribution in [2.45, 2.75) is 31.6 Å². The van der Waals surface area contributed by atoms with Crippen molar-refractivity contribution in [3.05, 3.63) is 23.0 Å². The molecule has 0 atom stereocenters. The van der Waals surface area contributed by atoms with Gasteiger partial charge in [0.2, 0.25) is 0 Å². The SMILES string of the molecule is COc1c(F)cc(C2(C(=O)O)CCC2)c(C)c1O. The van der Waals surface area contributed by atoms with Crippen LogP contribution in [0.5, 0.6) is 11.5 Å². The summed E-state index contributed by atoms with van der Waals surface area (Å²) in [5.74, 6) is -2.26. The maximum absolute atomic E-state index is 13.8. The molecule has 0 radical (unpaired) electrons. The molecule has 1 aromatic rings. The molecule has 1 fully saturated rings. The molecule has 0 saturated heterocycles. The van der Waals surface area contributed by atoms with Gasteiger partial charge in [0.15, 0.2) is 17.3 Å². The number of rotatable bonds is 3. The van der Waals surface area contributed by atoms with E-state index in [9.17, 15) is 19.4 Å². The van der Waals surface area contributed by atoms with Gasteiger partial charge < -0.3 is 14.9 Å². The maximum atomic E-state index is 13.8. The monoisotopic (exact) mass is 254 g/mol. The summed E-state index contributed by atoms with van der Waals surface area (Å²) < 4.78 is 18.5. The first-order chi connectivity index (χ1) is 8.44. The van der Waals surface area contributed by atoms with Crippen LogP contribution in [0, 0.1) is 12.7 Å². The number of methoxy groups -OCH3 is 1. The van der Waals surface area contributed by atoms with Gasteiger partial charge in [-0.1, -0.05) is 6.42 Å². The van der Waals surface area contributed by atoms with E-state index in [1.54, 1.807) is 6.92 Å². The third kappa shape index (κ3) is 1.54. The number of phenolic OH excluding ortho intramolecular Hbond substituents is 1. The zero-order valence-corrected chi connectivity index (χ0v) is 10.3. The van der Waals surface area contributed by atoms with E-state index in [4.69, 9.17) is 4.74 Å². The van der Waals surface area contributed by atoms with Crippen LogP contribution in [-0.4, -0.2) is 23.3 Å². The lowest BCUT2D eigenvalue weighted by atomic mass is 9.63. The number of carbonyl (C=O) groups is 1. The predicted molar refractivity (Wildman–Crippen MR) is 62.5 cm³/mol. The standard InChI is InChI=1S/C13H15FO4/c1-7-8(13(12(16)17)4-3-5-13)6-9(14)11(18-2)10(7)15/h6,15H,3-5H2,1-2H3,(H,16,17). The second kappa shape index (κ2) is 4.15. The van der Waals surface area contributed by atoms with Crippen LogP contribution in [-0.2, 0) is 10.2 Å². The van der Waals surface area contributed by atoms with Crippen LogP contribution in [0.2, 0.25) is 0 Å². The molecule has 0 aromatic heterocycles. The fraction of sp³-hybridized carbons (Fsp3) is 0.462. The Morgan fingerprint density at radius 3 is 2.50 bits per heavy atom. The molecule has 1 aliphatic rings. The van der Waals surface area contributed by atoms with Crippen molar-refractivity contribution in [1.29, 1.82) is 0 Å². The summed E-state index contributed by atoms with van der Waals surface area (Å²) in [5, 5.41) is 19.2. The van der Waals surface area contributed by atoms with Crippen LogP contribution in [0.4, 0.5) is 4.39 Å². The average Bonchev–Trinajstić information content (AvgIpc) is 2.23. The molecule has 0 amide bonds. The highest BCUT2D eigenvalue weighted by atomic mass is 19.1. The van der Waals surface area contributed by atoms with Crippen molar-refractivity contribution in [3.8, 4) is 11.5 Å². The first-order valence-electron chi connectivity index (χ1n) is 5.74. The van der Waals surface area contributed by atoms with Crippen molar-refractivity contribution in [2.75, 3.05) is 7.11 Å². The van der Waals surface area contributed by atoms with E-state index in [0.717, 1.165) is 6.42 Å². The van der Waals surface area contributed by atoms with Gasteiger partial charge in [0.25, 0.3) is 0 Å². The fourth-order valence-electron chi connectivity index (χ4n) is 2.53. The normalized spacial score (nSPS) is 17.1. The molecule has 2 rings (SSSR count). The number of aliphatic carboxylic acids is 1. The van der Waals surface area contributed by atoms with Gasteiger partial charge in [-0.15, -0.1) is 0 Å². The smallest absolute Gasteiger partial charge is 0.314 e. The van der Waals surface area contributed by atoms with Gasteiger partial charge in [-0.05, 0) is 37.0 Å². The number of hydrogen-bond donors (Lipinski definition) is 2. The summed E-state index contributed by atoms with van der Waals surface area (Å²) in [4.78, 5) is 11.4. The lowest BCUT2D eigenvalue weighted by molar-refractivity contribution is -0.147. The lowest BCUT2D eigenvalue weighted by Gasteiger charge is -2.39. The van der Waals surface area contributed by atoms with Gasteiger partial charge in [-0.2, -0.15) is 0 Å². The zero-order valence-electron chi connectivity index (χ0n) is 10.3. The van der Waals surface area contributed by atoms with Crippen molar-refractivity contribution < 1.29 is 24.1 Å². The number of halogens is 1. The van der Waals surface area contributed by atoms with Crippen molar-refractivity contribution in [3.63, 3.8) is 0 Å². The lowest BCUT2D eigenvalue weighted by Crippen LogP contribution is -2.43. The molecule has 1 saturated carbocycles. The molecule has 0 spiro atoms. The van der Waals surface area contributed by atoms with Gasteiger partial charge >= 0.3 is 5.97 Å². The van der Waals surface area contributed by atoms with Gasteiger partial charge in [-0.3, -0.25) is 4.79 Å². The molecule has 0 bridgehead atoms. The topological polar surface area (TPSA) is 66.8 Å². The largest absolute Gasteiger partial charge is 0.504 e. The summed E-state index contributed by atoms with van der Waals surface area (Å²) in [6.07, 6.45) is 1.73. The Labute approximate surface area is 104 Å². The highest BCUT2D eigenvalue weighted by Crippen LogP contribution is 2.48. The molecule has 0 unspecified atom stereocenters. The van der Waals surface area contributed by atoms with Gasteiger partial charge in [0.1, 0.15) is 0 Å². The molecule has 2 N–H and O–H groups in total. The van der Waals surface area contributed by atoms with E-state index in [1.165, 1.54) is 13.2 Å². The second-order valence-electron chi connectivity index (χ2n) is 4.65. The fourth-order valence-corrected chi connectivity index (χ4v) is 2.53. The van der Waals surface area contributed by atoms with Crippen LogP contribution in [0.25, 0.3) is 0 Å². The molecule has 98 valence electrons. The molecule has 1 aliphatic carbocycles. The van der Waals surface area contributed by atoms with E-state index in [0.29, 0.717) is 24.0 Å². The maximum Gasteiger partial charge on any atom is 0.314 e. The predicted octanol–water partition coefficient (Wildman–Crippen LogP) is 2.35. The summed E-state index contributed by atoms with van der Waals surface area (Å²) in [6, 6.07) is 1.17. The Morgan fingerprint density at radius 1 is 1.50 bits per heavy atom. The van der Waals surface area contributed by atoms with Crippen LogP contribution < -0.4 is 4.74 Å². The highest BCUT2D eigenvalue weighted by molar-refractivity contribution is 5.83. The Balaban J connectivity index is 2.62. The van der Waals surface area contributed by atoms with Crippen molar-refractivity contribution in [2.24, 2.45) is 0 Å². The summed E-state index contributed by atoms with van der Waals surface area (Å²) in [7, 11) is 1.26. The Morgan fingerprint density at radius 2 is 2.11 bits per heavy atom. The molecule has 18 heavy (non-hydrogen) atoms. The molecule has 0 aliphatic heterocycles. The number of carboxylic acids is 1. The summed E-state index contributed by atoms with van der Waals surface area (Å²) in [6.45, 7) is 1.58. The van der Waals surface area contributed by atoms with Gasteiger partial charge in [0, 0.05) is 0 Å². The van der Waals surface area contributed by atoms with E-state index < -0.39 is 17.2 Å². The zero-order chi connectivity index (χ0) is 13.5. The summed E-state index contributed by atoms with van der Waals surface area (Å²) in [5.41, 5.74) is -0.346. The van der Waals surface area contributed by atoms with Gasteiger partial charge in [-0.25, -0.2) is 4.39 Å². The second-order valence-corrected chi connectivity index (χ2v) is 4.65. The van der Waals surface area contributed by atoms with E-state index >= 15 is 0 Å². The Bertz CT molecular complexity index is 506.